The first kappa shape index (κ1) is 20.3. The molecule has 0 saturated carbocycles. The number of hydrogen-bond acceptors (Lipinski definition) is 2. The molecule has 1 atom stereocenters. The largest absolute Gasteiger partial charge is 0.481 e. The van der Waals surface area contributed by atoms with Gasteiger partial charge < -0.3 is 10.2 Å². The number of hydrogen-bond donors (Lipinski definition) is 2. The molecule has 0 aliphatic heterocycles. The van der Waals surface area contributed by atoms with Crippen LogP contribution in [0.1, 0.15) is 12.8 Å². The molecule has 1 unspecified atom stereocenters. The molecule has 130 valence electrons. The lowest BCUT2D eigenvalue weighted by molar-refractivity contribution is -0.397. The average Bonchev–Trinajstić information content (AvgIpc) is 2.24. The third-order valence-corrected chi connectivity index (χ3v) is 2.48. The van der Waals surface area contributed by atoms with E-state index in [9.17, 15) is 49.1 Å². The Morgan fingerprint density at radius 2 is 1.23 bits per heavy atom. The summed E-state index contributed by atoms with van der Waals surface area (Å²) in [6.07, 6.45) is -11.4. The molecule has 0 aliphatic carbocycles. The van der Waals surface area contributed by atoms with E-state index in [1.165, 1.54) is 0 Å². The molecule has 0 amide bonds. The molecule has 0 radical (unpaired) electrons. The van der Waals surface area contributed by atoms with Gasteiger partial charge in [-0.15, -0.1) is 0 Å². The van der Waals surface area contributed by atoms with Crippen molar-refractivity contribution in [1.82, 2.24) is 0 Å². The van der Waals surface area contributed by atoms with E-state index in [2.05, 4.69) is 0 Å². The fourth-order valence-corrected chi connectivity index (χ4v) is 1.30. The van der Waals surface area contributed by atoms with E-state index in [4.69, 9.17) is 10.2 Å². The van der Waals surface area contributed by atoms with Gasteiger partial charge in [0.2, 0.25) is 0 Å². The second kappa shape index (κ2) is 5.83. The van der Waals surface area contributed by atoms with Crippen molar-refractivity contribution in [3.63, 3.8) is 0 Å². The summed E-state index contributed by atoms with van der Waals surface area (Å²) < 4.78 is 112. The minimum absolute atomic E-state index is 1.67. The topological polar surface area (TPSA) is 74.6 Å². The van der Waals surface area contributed by atoms with Crippen molar-refractivity contribution in [2.75, 3.05) is 0 Å². The van der Waals surface area contributed by atoms with Crippen LogP contribution in [0.15, 0.2) is 0 Å². The van der Waals surface area contributed by atoms with Gasteiger partial charge in [0.25, 0.3) is 0 Å². The highest BCUT2D eigenvalue weighted by atomic mass is 19.4. The number of carboxylic acid groups (broad SMARTS) is 2. The summed E-state index contributed by atoms with van der Waals surface area (Å²) in [7, 11) is 0. The van der Waals surface area contributed by atoms with Gasteiger partial charge in [-0.05, 0) is 0 Å². The van der Waals surface area contributed by atoms with Crippen LogP contribution < -0.4 is 0 Å². The molecule has 0 aromatic rings. The van der Waals surface area contributed by atoms with Crippen molar-refractivity contribution in [3.05, 3.63) is 0 Å². The summed E-state index contributed by atoms with van der Waals surface area (Å²) in [5, 5.41) is 16.6. The predicted molar refractivity (Wildman–Crippen MR) is 48.9 cm³/mol. The van der Waals surface area contributed by atoms with Crippen molar-refractivity contribution in [3.8, 4) is 0 Å². The average molecular weight is 350 g/mol. The first-order chi connectivity index (χ1) is 9.47. The highest BCUT2D eigenvalue weighted by Gasteiger charge is 2.81. The van der Waals surface area contributed by atoms with E-state index in [1.807, 2.05) is 0 Å². The Bertz CT molecular complexity index is 443. The van der Waals surface area contributed by atoms with Gasteiger partial charge in [0.05, 0.1) is 12.3 Å². The molecule has 22 heavy (non-hydrogen) atoms. The highest BCUT2D eigenvalue weighted by Crippen LogP contribution is 2.54. The quantitative estimate of drug-likeness (QED) is 0.693. The standard InChI is InChI=1S/C9H7F9O4/c10-6(11,2-3(5(21)22)1-4(19)20)7(12,13)8(14,15)9(16,17)18/h3H,1-2H2,(H,19,20)(H,21,22). The molecule has 0 fully saturated rings. The molecule has 0 aliphatic rings. The molecule has 4 nitrogen and oxygen atoms in total. The second-order valence-corrected chi connectivity index (χ2v) is 4.19. The molecule has 0 spiro atoms. The van der Waals surface area contributed by atoms with Gasteiger partial charge in [-0.2, -0.15) is 39.5 Å². The zero-order valence-corrected chi connectivity index (χ0v) is 10.1. The fourth-order valence-electron chi connectivity index (χ4n) is 1.30. The van der Waals surface area contributed by atoms with Crippen LogP contribution in [0.4, 0.5) is 39.5 Å². The lowest BCUT2D eigenvalue weighted by Gasteiger charge is -2.34. The van der Waals surface area contributed by atoms with Gasteiger partial charge in [-0.25, -0.2) is 0 Å². The van der Waals surface area contributed by atoms with E-state index in [0.717, 1.165) is 0 Å². The third kappa shape index (κ3) is 3.74. The van der Waals surface area contributed by atoms with E-state index < -0.39 is 54.6 Å². The zero-order valence-electron chi connectivity index (χ0n) is 10.1. The summed E-state index contributed by atoms with van der Waals surface area (Å²) in [6, 6.07) is 0. The van der Waals surface area contributed by atoms with Crippen LogP contribution >= 0.6 is 0 Å². The monoisotopic (exact) mass is 350 g/mol. The SMILES string of the molecule is O=C(O)CC(CC(F)(F)C(F)(F)C(F)(F)C(F)(F)F)C(=O)O. The van der Waals surface area contributed by atoms with Crippen molar-refractivity contribution in [2.45, 2.75) is 36.8 Å². The fraction of sp³-hybridized carbons (Fsp3) is 0.778. The first-order valence-corrected chi connectivity index (χ1v) is 5.12. The van der Waals surface area contributed by atoms with Crippen molar-refractivity contribution in [1.29, 1.82) is 0 Å². The molecule has 0 bridgehead atoms. The zero-order chi connectivity index (χ0) is 18.1. The molecule has 0 saturated heterocycles. The van der Waals surface area contributed by atoms with Crippen LogP contribution in [-0.4, -0.2) is 46.1 Å². The lowest BCUT2D eigenvalue weighted by atomic mass is 9.91. The van der Waals surface area contributed by atoms with E-state index in [1.54, 1.807) is 0 Å². The van der Waals surface area contributed by atoms with Crippen LogP contribution in [0.5, 0.6) is 0 Å². The van der Waals surface area contributed by atoms with Gasteiger partial charge in [0.15, 0.2) is 0 Å². The number of carboxylic acids is 2. The van der Waals surface area contributed by atoms with Crippen molar-refractivity contribution >= 4 is 11.9 Å². The first-order valence-electron chi connectivity index (χ1n) is 5.12. The van der Waals surface area contributed by atoms with Gasteiger partial charge in [0.1, 0.15) is 0 Å². The second-order valence-electron chi connectivity index (χ2n) is 4.19. The third-order valence-electron chi connectivity index (χ3n) is 2.48. The number of rotatable bonds is 7. The minimum Gasteiger partial charge on any atom is -0.481 e. The van der Waals surface area contributed by atoms with Gasteiger partial charge >= 0.3 is 35.9 Å². The van der Waals surface area contributed by atoms with Crippen LogP contribution in [-0.2, 0) is 9.59 Å². The van der Waals surface area contributed by atoms with E-state index >= 15 is 0 Å². The minimum atomic E-state index is -7.14. The van der Waals surface area contributed by atoms with Crippen molar-refractivity contribution in [2.24, 2.45) is 5.92 Å². The molecular formula is C9H7F9O4. The Morgan fingerprint density at radius 3 is 1.50 bits per heavy atom. The summed E-state index contributed by atoms with van der Waals surface area (Å²) in [5.41, 5.74) is 0. The van der Waals surface area contributed by atoms with Gasteiger partial charge in [-0.3, -0.25) is 9.59 Å². The summed E-state index contributed by atoms with van der Waals surface area (Å²) >= 11 is 0. The lowest BCUT2D eigenvalue weighted by Crippen LogP contribution is -2.61. The highest BCUT2D eigenvalue weighted by molar-refractivity contribution is 5.77. The Morgan fingerprint density at radius 1 is 0.818 bits per heavy atom. The number of carbonyl (C=O) groups is 2. The Labute approximate surface area is 115 Å². The summed E-state index contributed by atoms with van der Waals surface area (Å²) in [4.78, 5) is 20.6. The Kier molecular flexibility index (Phi) is 5.39. The van der Waals surface area contributed by atoms with E-state index in [-0.39, 0.29) is 0 Å². The van der Waals surface area contributed by atoms with Crippen molar-refractivity contribution < 1.29 is 59.3 Å². The molecule has 0 aromatic heterocycles. The molecule has 2 N–H and O–H groups in total. The van der Waals surface area contributed by atoms with E-state index in [0.29, 0.717) is 0 Å². The maximum atomic E-state index is 13.1. The number of halogens is 9. The van der Waals surface area contributed by atoms with Crippen LogP contribution in [0.3, 0.4) is 0 Å². The Hall–Kier alpha value is -1.69. The smallest absolute Gasteiger partial charge is 0.460 e. The number of alkyl halides is 9. The molecule has 0 heterocycles. The molecule has 0 rings (SSSR count). The van der Waals surface area contributed by atoms with Gasteiger partial charge in [-0.1, -0.05) is 0 Å². The van der Waals surface area contributed by atoms with Crippen LogP contribution in [0, 0.1) is 5.92 Å². The van der Waals surface area contributed by atoms with Crippen LogP contribution in [0.25, 0.3) is 0 Å². The molecular weight excluding hydrogens is 343 g/mol. The summed E-state index contributed by atoms with van der Waals surface area (Å²) in [5.74, 6) is -27.4. The normalized spacial score (nSPS) is 15.5. The summed E-state index contributed by atoms with van der Waals surface area (Å²) in [6.45, 7) is 0. The molecule has 13 heteroatoms. The Balaban J connectivity index is 5.60. The van der Waals surface area contributed by atoms with Crippen LogP contribution in [0.2, 0.25) is 0 Å². The van der Waals surface area contributed by atoms with Gasteiger partial charge in [0, 0.05) is 6.42 Å². The maximum absolute atomic E-state index is 13.1. The number of aliphatic carboxylic acids is 2. The molecule has 0 aromatic carbocycles. The maximum Gasteiger partial charge on any atom is 0.460 e. The predicted octanol–water partition coefficient (Wildman–Crippen LogP) is 3.02.